The highest BCUT2D eigenvalue weighted by molar-refractivity contribution is 6.13. The predicted octanol–water partition coefficient (Wildman–Crippen LogP) is 20.5. The largest absolute Gasteiger partial charge is 0.460 e. The molecular weight excluding hydrogens is 985 g/mol. The van der Waals surface area contributed by atoms with E-state index in [4.69, 9.17) is 9.15 Å². The second kappa shape index (κ2) is 16.9. The minimum Gasteiger partial charge on any atom is -0.460 e. The van der Waals surface area contributed by atoms with Crippen LogP contribution in [-0.4, -0.2) is 0 Å². The number of allylic oxidation sites excluding steroid dienone is 3. The minimum atomic E-state index is -0.756. The summed E-state index contributed by atoms with van der Waals surface area (Å²) in [7, 11) is 0. The second-order valence-corrected chi connectivity index (χ2v) is 23.2. The number of anilines is 5. The fraction of sp³-hybridized carbons (Fsp3) is 0.117. The second-order valence-electron chi connectivity index (χ2n) is 23.2. The summed E-state index contributed by atoms with van der Waals surface area (Å²) < 4.78 is 14.9. The van der Waals surface area contributed by atoms with Crippen molar-refractivity contribution in [3.8, 4) is 33.8 Å². The molecule has 5 atom stereocenters. The van der Waals surface area contributed by atoms with Crippen LogP contribution in [0.15, 0.2) is 270 Å². The van der Waals surface area contributed by atoms with Crippen molar-refractivity contribution in [1.82, 2.24) is 0 Å². The highest BCUT2D eigenvalue weighted by atomic mass is 16.5. The van der Waals surface area contributed by atoms with Crippen LogP contribution in [0.2, 0.25) is 0 Å². The number of furan rings is 1. The quantitative estimate of drug-likeness (QED) is 0.123. The maximum atomic E-state index is 7.60. The molecule has 11 aromatic carbocycles. The summed E-state index contributed by atoms with van der Waals surface area (Å²) in [4.78, 5) is 5.05. The summed E-state index contributed by atoms with van der Waals surface area (Å²) in [6.07, 6.45) is 0. The van der Waals surface area contributed by atoms with Crippen LogP contribution in [0, 0.1) is 11.8 Å². The van der Waals surface area contributed by atoms with Gasteiger partial charge in [-0.25, -0.2) is 0 Å². The lowest BCUT2D eigenvalue weighted by Gasteiger charge is -2.53. The first-order chi connectivity index (χ1) is 39.8. The monoisotopic (exact) mass is 1040 g/mol. The topological polar surface area (TPSA) is 28.9 Å². The van der Waals surface area contributed by atoms with Gasteiger partial charge in [0, 0.05) is 73.8 Å². The SMILES string of the molecule is CC1C2=C3C(C)C4=C1C(C)c1oc5ccccc5c1C4(C)N(c1ccc(-c4cccc(N(c5ccccc5)c5ccccc5)c4)cc1)c1cc(-c4cccc5c4ccc4ccccc45)c4c(c1)C3(c1ccccc1O4)c1ccccc12. The number of ether oxygens (including phenoxy) is 1. The van der Waals surface area contributed by atoms with Crippen molar-refractivity contribution in [2.75, 3.05) is 9.80 Å². The van der Waals surface area contributed by atoms with Crippen molar-refractivity contribution in [2.45, 2.75) is 44.6 Å². The van der Waals surface area contributed by atoms with Gasteiger partial charge in [-0.1, -0.05) is 202 Å². The van der Waals surface area contributed by atoms with Crippen LogP contribution in [0.5, 0.6) is 11.5 Å². The van der Waals surface area contributed by atoms with Crippen molar-refractivity contribution in [1.29, 1.82) is 0 Å². The number of hydrogen-bond acceptors (Lipinski definition) is 4. The van der Waals surface area contributed by atoms with Gasteiger partial charge in [-0.05, 0) is 146 Å². The van der Waals surface area contributed by atoms with E-state index in [1.807, 2.05) is 0 Å². The molecule has 0 saturated heterocycles. The van der Waals surface area contributed by atoms with Crippen LogP contribution in [-0.2, 0) is 11.0 Å². The molecule has 3 aliphatic carbocycles. The molecule has 3 heterocycles. The third kappa shape index (κ3) is 6.14. The Kier molecular flexibility index (Phi) is 9.68. The molecule has 2 aliphatic heterocycles. The van der Waals surface area contributed by atoms with E-state index in [9.17, 15) is 0 Å². The van der Waals surface area contributed by atoms with E-state index in [1.54, 1.807) is 0 Å². The molecule has 12 aromatic rings. The van der Waals surface area contributed by atoms with Crippen LogP contribution in [0.1, 0.15) is 67.2 Å². The van der Waals surface area contributed by atoms with E-state index in [0.29, 0.717) is 0 Å². The highest BCUT2D eigenvalue weighted by Crippen LogP contribution is 2.72. The molecule has 0 radical (unpaired) electrons. The number of para-hydroxylation sites is 4. The summed E-state index contributed by atoms with van der Waals surface area (Å²) in [5, 5.41) is 6.03. The van der Waals surface area contributed by atoms with Crippen LogP contribution < -0.4 is 14.5 Å². The zero-order valence-corrected chi connectivity index (χ0v) is 45.6. The zero-order chi connectivity index (χ0) is 53.9. The van der Waals surface area contributed by atoms with Crippen molar-refractivity contribution in [2.24, 2.45) is 11.8 Å². The molecule has 4 heteroatoms. The summed E-state index contributed by atoms with van der Waals surface area (Å²) >= 11 is 0. The summed E-state index contributed by atoms with van der Waals surface area (Å²) in [6.45, 7) is 9.97. The Morgan fingerprint density at radius 1 is 0.432 bits per heavy atom. The van der Waals surface area contributed by atoms with Gasteiger partial charge in [0.1, 0.15) is 22.8 Å². The molecule has 0 fully saturated rings. The van der Waals surface area contributed by atoms with Crippen molar-refractivity contribution in [3.63, 3.8) is 0 Å². The Balaban J connectivity index is 0.976. The van der Waals surface area contributed by atoms with Gasteiger partial charge in [0.05, 0.1) is 11.0 Å². The van der Waals surface area contributed by atoms with Gasteiger partial charge in [0.15, 0.2) is 0 Å². The smallest absolute Gasteiger partial charge is 0.140 e. The van der Waals surface area contributed by atoms with Crippen LogP contribution in [0.4, 0.5) is 28.4 Å². The molecule has 5 unspecified atom stereocenters. The van der Waals surface area contributed by atoms with Crippen LogP contribution in [0.25, 0.3) is 60.3 Å². The molecule has 17 rings (SSSR count). The zero-order valence-electron chi connectivity index (χ0n) is 45.6. The minimum absolute atomic E-state index is 0.00447. The van der Waals surface area contributed by atoms with E-state index in [2.05, 4.69) is 286 Å². The number of nitrogens with zero attached hydrogens (tertiary/aromatic N) is 2. The average Bonchev–Trinajstić information content (AvgIpc) is 3.75. The van der Waals surface area contributed by atoms with E-state index in [0.717, 1.165) is 78.9 Å². The molecule has 1 aromatic heterocycles. The summed E-state index contributed by atoms with van der Waals surface area (Å²) in [6, 6.07) is 92.0. The molecule has 386 valence electrons. The van der Waals surface area contributed by atoms with Crippen LogP contribution in [0.3, 0.4) is 0 Å². The lowest BCUT2D eigenvalue weighted by atomic mass is 9.55. The Labute approximate surface area is 472 Å². The first-order valence-corrected chi connectivity index (χ1v) is 28.7. The molecule has 4 bridgehead atoms. The van der Waals surface area contributed by atoms with E-state index < -0.39 is 11.0 Å². The van der Waals surface area contributed by atoms with Gasteiger partial charge >= 0.3 is 0 Å². The molecule has 1 spiro atoms. The first-order valence-electron chi connectivity index (χ1n) is 28.7. The van der Waals surface area contributed by atoms with E-state index >= 15 is 0 Å². The Morgan fingerprint density at radius 2 is 1.09 bits per heavy atom. The standard InChI is InChI=1S/C77H56N2O2/c1-46-69-47(2)74-73(62-30-14-17-35-67(62)80-74)76(4)71(69)48(3)72-70(46)61-29-13-15-33-64(61)77(72)65-34-16-18-36-68(65)81-75-63(59-32-20-31-58-57-28-12-11-21-50(57)39-42-60(58)59)44-56(45-66(75)77)79(76)54-40-37-49(38-41-54)51-22-19-27-55(43-51)78(52-23-7-5-8-24-52)53-25-9-6-10-26-53/h5-48H,1-4H3. The molecule has 4 nitrogen and oxygen atoms in total. The number of benzene rings is 11. The first kappa shape index (κ1) is 46.3. The lowest BCUT2D eigenvalue weighted by molar-refractivity contribution is 0.402. The fourth-order valence-electron chi connectivity index (χ4n) is 16.2. The number of fused-ring (bicyclic) bond motifs is 11. The van der Waals surface area contributed by atoms with Crippen LogP contribution >= 0.6 is 0 Å². The summed E-state index contributed by atoms with van der Waals surface area (Å²) in [5.74, 6) is 2.96. The van der Waals surface area contributed by atoms with Gasteiger partial charge in [-0.15, -0.1) is 0 Å². The van der Waals surface area contributed by atoms with Gasteiger partial charge in [-0.2, -0.15) is 0 Å². The Morgan fingerprint density at radius 3 is 1.89 bits per heavy atom. The maximum absolute atomic E-state index is 7.60. The third-order valence-corrected chi connectivity index (χ3v) is 19.2. The lowest BCUT2D eigenvalue weighted by Crippen LogP contribution is -2.49. The molecular formula is C77H56N2O2. The van der Waals surface area contributed by atoms with Gasteiger partial charge in [-0.3, -0.25) is 0 Å². The van der Waals surface area contributed by atoms with Crippen molar-refractivity contribution >= 4 is 66.5 Å². The van der Waals surface area contributed by atoms with Gasteiger partial charge < -0.3 is 19.0 Å². The molecule has 0 amide bonds. The fourth-order valence-corrected chi connectivity index (χ4v) is 16.2. The maximum Gasteiger partial charge on any atom is 0.140 e. The molecule has 81 heavy (non-hydrogen) atoms. The number of hydrogen-bond donors (Lipinski definition) is 0. The van der Waals surface area contributed by atoms with E-state index in [1.165, 1.54) is 71.7 Å². The Bertz CT molecular complexity index is 4660. The van der Waals surface area contributed by atoms with Crippen molar-refractivity contribution in [3.05, 3.63) is 299 Å². The number of rotatable bonds is 6. The predicted molar refractivity (Wildman–Crippen MR) is 333 cm³/mol. The molecule has 5 aliphatic rings. The van der Waals surface area contributed by atoms with Crippen molar-refractivity contribution < 1.29 is 9.15 Å². The summed E-state index contributed by atoms with van der Waals surface area (Å²) in [5.41, 5.74) is 21.6. The third-order valence-electron chi connectivity index (χ3n) is 19.2. The highest BCUT2D eigenvalue weighted by Gasteiger charge is 2.62. The molecule has 0 saturated carbocycles. The molecule has 0 N–H and O–H groups in total. The normalized spacial score (nSPS) is 20.8. The van der Waals surface area contributed by atoms with E-state index in [-0.39, 0.29) is 17.8 Å². The van der Waals surface area contributed by atoms with Gasteiger partial charge in [0.2, 0.25) is 0 Å². The average molecular weight is 1040 g/mol. The van der Waals surface area contributed by atoms with Gasteiger partial charge in [0.25, 0.3) is 0 Å². The Hall–Kier alpha value is -9.64.